The van der Waals surface area contributed by atoms with E-state index in [2.05, 4.69) is 104 Å². The van der Waals surface area contributed by atoms with Gasteiger partial charge in [-0.25, -0.2) is 4.79 Å². The van der Waals surface area contributed by atoms with Crippen LogP contribution >= 0.6 is 0 Å². The Labute approximate surface area is 476 Å². The number of nitrogens with one attached hydrogen (secondary N) is 2. The molecule has 1 aliphatic rings. The molecule has 8 heteroatoms. The van der Waals surface area contributed by atoms with E-state index in [4.69, 9.17) is 14.2 Å². The van der Waals surface area contributed by atoms with E-state index < -0.39 is 17.8 Å². The van der Waals surface area contributed by atoms with Gasteiger partial charge in [-0.1, -0.05) is 267 Å². The third kappa shape index (κ3) is 23.0. The first-order valence-electron chi connectivity index (χ1n) is 31.5. The van der Waals surface area contributed by atoms with Gasteiger partial charge in [0.05, 0.1) is 19.8 Å². The fraction of sp³-hybridized carbons (Fsp3) is 0.535. The Morgan fingerprint density at radius 1 is 0.354 bits per heavy atom. The lowest BCUT2D eigenvalue weighted by Crippen LogP contribution is -2.51. The fourth-order valence-electron chi connectivity index (χ4n) is 10.7. The topological polar surface area (TPSA) is 103 Å². The van der Waals surface area contributed by atoms with Gasteiger partial charge in [0.2, 0.25) is 5.75 Å². The number of benzene rings is 5. The molecule has 2 N–H and O–H groups in total. The van der Waals surface area contributed by atoms with Gasteiger partial charge in [-0.2, -0.15) is 0 Å². The van der Waals surface area contributed by atoms with Crippen LogP contribution in [0, 0.1) is 0 Å². The Morgan fingerprint density at radius 2 is 0.696 bits per heavy atom. The number of fused-ring (bicyclic) bond motifs is 1. The maximum atomic E-state index is 12.2. The van der Waals surface area contributed by atoms with E-state index in [1.165, 1.54) is 202 Å². The zero-order valence-corrected chi connectivity index (χ0v) is 49.0. The first-order chi connectivity index (χ1) is 38.8. The monoisotopic (exact) mass is 1070 g/mol. The second-order valence-electron chi connectivity index (χ2n) is 22.4. The minimum atomic E-state index is -0.809. The molecule has 428 valence electrons. The van der Waals surface area contributed by atoms with E-state index in [0.29, 0.717) is 25.4 Å². The molecule has 8 nitrogen and oxygen atoms in total. The second-order valence-corrected chi connectivity index (χ2v) is 22.4. The van der Waals surface area contributed by atoms with Crippen LogP contribution < -0.4 is 24.8 Å². The summed E-state index contributed by atoms with van der Waals surface area (Å²) in [5, 5.41) is 6.53. The zero-order valence-electron chi connectivity index (χ0n) is 49.0. The van der Waals surface area contributed by atoms with Crippen molar-refractivity contribution in [3.05, 3.63) is 119 Å². The zero-order chi connectivity index (χ0) is 55.5. The Bertz CT molecular complexity index is 2510. The lowest BCUT2D eigenvalue weighted by atomic mass is 9.96. The third-order valence-corrected chi connectivity index (χ3v) is 15.7. The van der Waals surface area contributed by atoms with Gasteiger partial charge in [0.1, 0.15) is 5.57 Å². The number of hydrogen-bond acceptors (Lipinski definition) is 6. The minimum absolute atomic E-state index is 0.104. The lowest BCUT2D eigenvalue weighted by molar-refractivity contribution is -0.123. The van der Waals surface area contributed by atoms with Crippen LogP contribution in [-0.4, -0.2) is 37.7 Å². The van der Waals surface area contributed by atoms with E-state index in [0.717, 1.165) is 71.3 Å². The maximum absolute atomic E-state index is 12.2. The van der Waals surface area contributed by atoms with Gasteiger partial charge in [-0.3, -0.25) is 20.2 Å². The van der Waals surface area contributed by atoms with Crippen LogP contribution in [0.5, 0.6) is 17.2 Å². The average Bonchev–Trinajstić information content (AvgIpc) is 3.51. The van der Waals surface area contributed by atoms with Crippen molar-refractivity contribution >= 4 is 34.7 Å². The predicted molar refractivity (Wildman–Crippen MR) is 330 cm³/mol. The standard InChI is InChI=1S/C71H98N2O6/c1-4-7-10-13-16-19-22-25-28-31-48-77-66-52-58(53-67(78-49-32-29-26-23-20-17-14-11-8-5-2)68(66)79-50-33-30-27-24-21-18-15-12-9-6-3)35-34-56-36-40-59(41-37-56)61-44-46-64-55-62(45-47-63(64)54-61)60-42-38-57(39-43-60)51-65-69(74)72-71(76)73-70(65)75/h36-47,51-55H,4-35,48-50H2,1-3H3,(H2,72,73,74,75,76). The summed E-state index contributed by atoms with van der Waals surface area (Å²) in [6.07, 6.45) is 42.1. The van der Waals surface area contributed by atoms with Crippen LogP contribution in [0.4, 0.5) is 4.79 Å². The van der Waals surface area contributed by atoms with E-state index in [-0.39, 0.29) is 5.57 Å². The summed E-state index contributed by atoms with van der Waals surface area (Å²) in [5.74, 6) is 1.06. The fourth-order valence-corrected chi connectivity index (χ4v) is 10.7. The number of aryl methyl sites for hydroxylation is 2. The number of carbonyl (C=O) groups is 3. The van der Waals surface area contributed by atoms with E-state index >= 15 is 0 Å². The summed E-state index contributed by atoms with van der Waals surface area (Å²) in [7, 11) is 0. The van der Waals surface area contributed by atoms with E-state index in [1.54, 1.807) is 0 Å². The highest BCUT2D eigenvalue weighted by molar-refractivity contribution is 6.31. The third-order valence-electron chi connectivity index (χ3n) is 15.7. The SMILES string of the molecule is CCCCCCCCCCCCOc1cc(CCc2ccc(-c3ccc4cc(-c5ccc(C=C6C(=O)NC(=O)NC6=O)cc5)ccc4c3)cc2)cc(OCCCCCCCCCCCC)c1OCCCCCCCCCCCC. The van der Waals surface area contributed by atoms with Gasteiger partial charge in [0.25, 0.3) is 11.8 Å². The average molecular weight is 1080 g/mol. The van der Waals surface area contributed by atoms with Crippen molar-refractivity contribution in [3.8, 4) is 39.5 Å². The van der Waals surface area contributed by atoms with Crippen LogP contribution in [0.1, 0.15) is 230 Å². The Hall–Kier alpha value is -5.89. The molecule has 0 unspecified atom stereocenters. The minimum Gasteiger partial charge on any atom is -0.490 e. The summed E-state index contributed by atoms with van der Waals surface area (Å²) in [6, 6.07) is 33.4. The largest absolute Gasteiger partial charge is 0.490 e. The van der Waals surface area contributed by atoms with Gasteiger partial charge in [0.15, 0.2) is 11.5 Å². The van der Waals surface area contributed by atoms with Crippen LogP contribution in [0.15, 0.2) is 103 Å². The molecular formula is C71H98N2O6. The van der Waals surface area contributed by atoms with Crippen molar-refractivity contribution in [2.24, 2.45) is 0 Å². The van der Waals surface area contributed by atoms with Crippen LogP contribution in [0.25, 0.3) is 39.1 Å². The molecule has 6 rings (SSSR count). The lowest BCUT2D eigenvalue weighted by Gasteiger charge is -2.19. The molecular weight excluding hydrogens is 977 g/mol. The highest BCUT2D eigenvalue weighted by atomic mass is 16.5. The van der Waals surface area contributed by atoms with E-state index in [1.807, 2.05) is 24.3 Å². The number of carbonyl (C=O) groups excluding carboxylic acids is 3. The summed E-state index contributed by atoms with van der Waals surface area (Å²) in [6.45, 7) is 8.92. The number of rotatable bonds is 42. The molecule has 1 heterocycles. The van der Waals surface area contributed by atoms with Gasteiger partial charge in [-0.15, -0.1) is 0 Å². The van der Waals surface area contributed by atoms with Crippen LogP contribution in [0.3, 0.4) is 0 Å². The first kappa shape index (κ1) is 62.3. The number of unbranched alkanes of at least 4 members (excludes halogenated alkanes) is 27. The Kier molecular flexibility index (Phi) is 29.3. The maximum Gasteiger partial charge on any atom is 0.328 e. The molecule has 0 spiro atoms. The highest BCUT2D eigenvalue weighted by Gasteiger charge is 2.27. The summed E-state index contributed by atoms with van der Waals surface area (Å²) in [5.41, 5.74) is 7.52. The highest BCUT2D eigenvalue weighted by Crippen LogP contribution is 2.40. The number of amides is 4. The first-order valence-corrected chi connectivity index (χ1v) is 31.5. The number of urea groups is 1. The quantitative estimate of drug-likeness (QED) is 0.0229. The van der Waals surface area contributed by atoms with Gasteiger partial charge >= 0.3 is 6.03 Å². The molecule has 0 radical (unpaired) electrons. The predicted octanol–water partition coefficient (Wildman–Crippen LogP) is 19.6. The smallest absolute Gasteiger partial charge is 0.328 e. The number of imide groups is 2. The molecule has 79 heavy (non-hydrogen) atoms. The number of hydrogen-bond donors (Lipinski definition) is 2. The molecule has 0 aromatic heterocycles. The van der Waals surface area contributed by atoms with Crippen LogP contribution in [0.2, 0.25) is 0 Å². The van der Waals surface area contributed by atoms with E-state index in [9.17, 15) is 14.4 Å². The normalized spacial score (nSPS) is 12.5. The Balaban J connectivity index is 1.09. The number of barbiturate groups is 1. The molecule has 0 bridgehead atoms. The van der Waals surface area contributed by atoms with Crippen molar-refractivity contribution in [2.75, 3.05) is 19.8 Å². The van der Waals surface area contributed by atoms with Gasteiger partial charge < -0.3 is 14.2 Å². The molecule has 5 aromatic rings. The van der Waals surface area contributed by atoms with Crippen molar-refractivity contribution in [3.63, 3.8) is 0 Å². The molecule has 0 saturated carbocycles. The summed E-state index contributed by atoms with van der Waals surface area (Å²) >= 11 is 0. The van der Waals surface area contributed by atoms with Crippen molar-refractivity contribution in [1.82, 2.24) is 10.6 Å². The number of ether oxygens (including phenoxy) is 3. The van der Waals surface area contributed by atoms with Crippen molar-refractivity contribution in [1.29, 1.82) is 0 Å². The summed E-state index contributed by atoms with van der Waals surface area (Å²) < 4.78 is 20.2. The molecule has 1 saturated heterocycles. The Morgan fingerprint density at radius 3 is 1.10 bits per heavy atom. The summed E-state index contributed by atoms with van der Waals surface area (Å²) in [4.78, 5) is 35.9. The molecule has 0 aliphatic carbocycles. The molecule has 5 aromatic carbocycles. The molecule has 1 fully saturated rings. The van der Waals surface area contributed by atoms with Crippen LogP contribution in [-0.2, 0) is 22.4 Å². The van der Waals surface area contributed by atoms with Gasteiger partial charge in [0, 0.05) is 0 Å². The van der Waals surface area contributed by atoms with Crippen molar-refractivity contribution in [2.45, 2.75) is 226 Å². The molecule has 4 amide bonds. The molecule has 1 aliphatic heterocycles. The molecule has 0 atom stereocenters. The van der Waals surface area contributed by atoms with Gasteiger partial charge in [-0.05, 0) is 112 Å². The second kappa shape index (κ2) is 37.1. The van der Waals surface area contributed by atoms with Crippen molar-refractivity contribution < 1.29 is 28.6 Å².